The van der Waals surface area contributed by atoms with E-state index >= 15 is 0 Å². The van der Waals surface area contributed by atoms with Crippen molar-refractivity contribution in [2.24, 2.45) is 5.84 Å². The summed E-state index contributed by atoms with van der Waals surface area (Å²) in [5.74, 6) is 6.57. The minimum absolute atomic E-state index is 0.101. The molecule has 0 aliphatic carbocycles. The number of rotatable bonds is 6. The van der Waals surface area contributed by atoms with Crippen molar-refractivity contribution >= 4 is 0 Å². The van der Waals surface area contributed by atoms with Crippen LogP contribution in [0.3, 0.4) is 0 Å². The highest BCUT2D eigenvalue weighted by Crippen LogP contribution is 2.29. The summed E-state index contributed by atoms with van der Waals surface area (Å²) in [5, 5.41) is 0. The van der Waals surface area contributed by atoms with Gasteiger partial charge >= 0.3 is 0 Å². The number of hydrazine groups is 1. The van der Waals surface area contributed by atoms with Gasteiger partial charge in [-0.05, 0) is 30.2 Å². The van der Waals surface area contributed by atoms with E-state index in [0.717, 1.165) is 23.3 Å². The molecule has 3 N–H and O–H groups in total. The van der Waals surface area contributed by atoms with E-state index in [1.54, 1.807) is 12.4 Å². The lowest BCUT2D eigenvalue weighted by Crippen LogP contribution is -2.29. The van der Waals surface area contributed by atoms with Gasteiger partial charge in [-0.3, -0.25) is 10.8 Å². The van der Waals surface area contributed by atoms with Gasteiger partial charge in [-0.15, -0.1) is 0 Å². The van der Waals surface area contributed by atoms with Gasteiger partial charge in [-0.2, -0.15) is 0 Å². The summed E-state index contributed by atoms with van der Waals surface area (Å²) in [5.41, 5.74) is 4.94. The van der Waals surface area contributed by atoms with Crippen molar-refractivity contribution in [3.05, 3.63) is 59.9 Å². The summed E-state index contributed by atoms with van der Waals surface area (Å²) < 4.78 is 5.78. The number of benzene rings is 1. The fourth-order valence-electron chi connectivity index (χ4n) is 1.98. The Labute approximate surface area is 113 Å². The second kappa shape index (κ2) is 6.87. The molecule has 0 spiro atoms. The molecule has 19 heavy (non-hydrogen) atoms. The first-order valence-electron chi connectivity index (χ1n) is 6.44. The van der Waals surface area contributed by atoms with Crippen molar-refractivity contribution in [2.75, 3.05) is 6.61 Å². The first-order valence-corrected chi connectivity index (χ1v) is 6.44. The van der Waals surface area contributed by atoms with Gasteiger partial charge in [-0.1, -0.05) is 25.1 Å². The highest BCUT2D eigenvalue weighted by atomic mass is 16.5. The molecule has 0 aliphatic rings. The molecule has 2 aromatic rings. The third kappa shape index (κ3) is 3.30. The molecule has 1 unspecified atom stereocenters. The van der Waals surface area contributed by atoms with E-state index in [-0.39, 0.29) is 6.04 Å². The van der Waals surface area contributed by atoms with Crippen molar-refractivity contribution in [3.63, 3.8) is 0 Å². The molecular formula is C15H19N3O. The van der Waals surface area contributed by atoms with Crippen molar-refractivity contribution in [2.45, 2.75) is 19.4 Å². The molecule has 0 fully saturated rings. The van der Waals surface area contributed by atoms with E-state index in [1.165, 1.54) is 0 Å². The number of nitrogens with one attached hydrogen (secondary N) is 1. The minimum atomic E-state index is -0.101. The zero-order valence-electron chi connectivity index (χ0n) is 11.0. The van der Waals surface area contributed by atoms with Crippen LogP contribution >= 0.6 is 0 Å². The number of ether oxygens (including phenoxy) is 1. The summed E-state index contributed by atoms with van der Waals surface area (Å²) in [6.07, 6.45) is 4.49. The Kier molecular flexibility index (Phi) is 4.89. The van der Waals surface area contributed by atoms with Crippen molar-refractivity contribution in [3.8, 4) is 5.75 Å². The van der Waals surface area contributed by atoms with Crippen LogP contribution in [0, 0.1) is 0 Å². The fraction of sp³-hybridized carbons (Fsp3) is 0.267. The van der Waals surface area contributed by atoms with Crippen LogP contribution in [0.25, 0.3) is 0 Å². The summed E-state index contributed by atoms with van der Waals surface area (Å²) in [4.78, 5) is 4.03. The lowest BCUT2D eigenvalue weighted by molar-refractivity contribution is 0.311. The maximum atomic E-state index is 5.78. The lowest BCUT2D eigenvalue weighted by Gasteiger charge is -2.20. The monoisotopic (exact) mass is 257 g/mol. The Morgan fingerprint density at radius 2 is 1.95 bits per heavy atom. The lowest BCUT2D eigenvalue weighted by atomic mass is 9.99. The smallest absolute Gasteiger partial charge is 0.124 e. The average molecular weight is 257 g/mol. The molecule has 100 valence electrons. The summed E-state index contributed by atoms with van der Waals surface area (Å²) in [6.45, 7) is 2.79. The number of nitrogens with two attached hydrogens (primary N) is 1. The molecular weight excluding hydrogens is 238 g/mol. The molecule has 0 saturated heterocycles. The molecule has 4 heteroatoms. The molecule has 4 nitrogen and oxygen atoms in total. The fourth-order valence-corrected chi connectivity index (χ4v) is 1.98. The number of hydrogen-bond donors (Lipinski definition) is 2. The predicted molar refractivity (Wildman–Crippen MR) is 75.6 cm³/mol. The van der Waals surface area contributed by atoms with Crippen LogP contribution in [0.5, 0.6) is 5.75 Å². The molecule has 0 radical (unpaired) electrons. The van der Waals surface area contributed by atoms with Crippen LogP contribution in [0.2, 0.25) is 0 Å². The van der Waals surface area contributed by atoms with Gasteiger partial charge in [-0.25, -0.2) is 5.43 Å². The maximum absolute atomic E-state index is 5.78. The Hall–Kier alpha value is -1.91. The molecule has 0 amide bonds. The standard InChI is InChI=1S/C15H19N3O/c1-2-11-19-14-6-4-3-5-13(14)15(18-16)12-7-9-17-10-8-12/h3-10,15,18H,2,11,16H2,1H3. The molecule has 2 rings (SSSR count). The Morgan fingerprint density at radius 3 is 2.63 bits per heavy atom. The quantitative estimate of drug-likeness (QED) is 0.616. The van der Waals surface area contributed by atoms with E-state index in [1.807, 2.05) is 36.4 Å². The van der Waals surface area contributed by atoms with Gasteiger partial charge < -0.3 is 4.74 Å². The highest BCUT2D eigenvalue weighted by Gasteiger charge is 2.16. The molecule has 1 aromatic carbocycles. The first-order chi connectivity index (χ1) is 9.36. The Balaban J connectivity index is 2.33. The topological polar surface area (TPSA) is 60.2 Å². The second-order valence-corrected chi connectivity index (χ2v) is 4.27. The normalized spacial score (nSPS) is 12.1. The third-order valence-corrected chi connectivity index (χ3v) is 2.90. The molecule has 0 saturated carbocycles. The largest absolute Gasteiger partial charge is 0.493 e. The Morgan fingerprint density at radius 1 is 1.21 bits per heavy atom. The molecule has 0 bridgehead atoms. The zero-order chi connectivity index (χ0) is 13.5. The van der Waals surface area contributed by atoms with Crippen LogP contribution in [0.4, 0.5) is 0 Å². The van der Waals surface area contributed by atoms with Crippen LogP contribution in [-0.2, 0) is 0 Å². The number of para-hydroxylation sites is 1. The van der Waals surface area contributed by atoms with Gasteiger partial charge in [0, 0.05) is 18.0 Å². The van der Waals surface area contributed by atoms with Crippen LogP contribution in [0.15, 0.2) is 48.8 Å². The van der Waals surface area contributed by atoms with E-state index in [9.17, 15) is 0 Å². The van der Waals surface area contributed by atoms with Crippen LogP contribution in [0.1, 0.15) is 30.5 Å². The van der Waals surface area contributed by atoms with Gasteiger partial charge in [0.05, 0.1) is 12.6 Å². The number of hydrogen-bond acceptors (Lipinski definition) is 4. The summed E-state index contributed by atoms with van der Waals surface area (Å²) in [6, 6.07) is 11.7. The van der Waals surface area contributed by atoms with Crippen molar-refractivity contribution < 1.29 is 4.74 Å². The van der Waals surface area contributed by atoms with Crippen molar-refractivity contribution in [1.29, 1.82) is 0 Å². The SMILES string of the molecule is CCCOc1ccccc1C(NN)c1ccncc1. The first kappa shape index (κ1) is 13.5. The highest BCUT2D eigenvalue weighted by molar-refractivity contribution is 5.41. The zero-order valence-corrected chi connectivity index (χ0v) is 11.0. The molecule has 0 aliphatic heterocycles. The second-order valence-electron chi connectivity index (χ2n) is 4.27. The van der Waals surface area contributed by atoms with E-state index in [2.05, 4.69) is 17.3 Å². The van der Waals surface area contributed by atoms with Gasteiger partial charge in [0.1, 0.15) is 5.75 Å². The summed E-state index contributed by atoms with van der Waals surface area (Å²) in [7, 11) is 0. The summed E-state index contributed by atoms with van der Waals surface area (Å²) >= 11 is 0. The Bertz CT molecular complexity index is 502. The van der Waals surface area contributed by atoms with Gasteiger partial charge in [0.25, 0.3) is 0 Å². The predicted octanol–water partition coefficient (Wildman–Crippen LogP) is 2.42. The number of pyridine rings is 1. The van der Waals surface area contributed by atoms with E-state index in [4.69, 9.17) is 10.6 Å². The van der Waals surface area contributed by atoms with Crippen LogP contribution in [-0.4, -0.2) is 11.6 Å². The van der Waals surface area contributed by atoms with Gasteiger partial charge in [0.15, 0.2) is 0 Å². The molecule has 1 aromatic heterocycles. The minimum Gasteiger partial charge on any atom is -0.493 e. The molecule has 1 heterocycles. The average Bonchev–Trinajstić information content (AvgIpc) is 2.48. The molecule has 1 atom stereocenters. The van der Waals surface area contributed by atoms with Crippen molar-refractivity contribution in [1.82, 2.24) is 10.4 Å². The number of aromatic nitrogens is 1. The van der Waals surface area contributed by atoms with E-state index < -0.39 is 0 Å². The third-order valence-electron chi connectivity index (χ3n) is 2.90. The van der Waals surface area contributed by atoms with Crippen LogP contribution < -0.4 is 16.0 Å². The maximum Gasteiger partial charge on any atom is 0.124 e. The van der Waals surface area contributed by atoms with E-state index in [0.29, 0.717) is 6.61 Å². The van der Waals surface area contributed by atoms with Gasteiger partial charge in [0.2, 0.25) is 0 Å². The number of nitrogens with zero attached hydrogens (tertiary/aromatic N) is 1.